The van der Waals surface area contributed by atoms with Crippen molar-refractivity contribution < 1.29 is 13.2 Å². The molecule has 1 aliphatic heterocycles. The van der Waals surface area contributed by atoms with Gasteiger partial charge in [0.05, 0.1) is 6.61 Å². The second kappa shape index (κ2) is 8.62. The van der Waals surface area contributed by atoms with Gasteiger partial charge in [0.15, 0.2) is 0 Å². The zero-order valence-electron chi connectivity index (χ0n) is 15.0. The predicted octanol–water partition coefficient (Wildman–Crippen LogP) is 3.01. The minimum Gasteiger partial charge on any atom is -0.377 e. The summed E-state index contributed by atoms with van der Waals surface area (Å²) in [6, 6.07) is 11.5. The Balaban J connectivity index is 1.57. The van der Waals surface area contributed by atoms with Gasteiger partial charge in [-0.05, 0) is 43.0 Å². The molecule has 0 amide bonds. The molecule has 6 nitrogen and oxygen atoms in total. The molecule has 3 rings (SSSR count). The molecule has 0 unspecified atom stereocenters. The van der Waals surface area contributed by atoms with E-state index >= 15 is 0 Å². The van der Waals surface area contributed by atoms with Crippen LogP contribution in [0.3, 0.4) is 0 Å². The van der Waals surface area contributed by atoms with Crippen LogP contribution in [-0.2, 0) is 27.9 Å². The molecule has 0 atom stereocenters. The molecule has 26 heavy (non-hydrogen) atoms. The lowest BCUT2D eigenvalue weighted by Gasteiger charge is -2.15. The molecule has 1 fully saturated rings. The number of benzene rings is 1. The van der Waals surface area contributed by atoms with Gasteiger partial charge in [0.25, 0.3) is 0 Å². The van der Waals surface area contributed by atoms with Crippen LogP contribution in [0.4, 0.5) is 5.82 Å². The number of rotatable bonds is 8. The minimum absolute atomic E-state index is 0.255. The summed E-state index contributed by atoms with van der Waals surface area (Å²) in [4.78, 5) is 4.51. The molecule has 1 aromatic carbocycles. The van der Waals surface area contributed by atoms with Gasteiger partial charge in [-0.3, -0.25) is 0 Å². The van der Waals surface area contributed by atoms with E-state index in [1.807, 2.05) is 31.2 Å². The zero-order chi connectivity index (χ0) is 18.4. The fourth-order valence-electron chi connectivity index (χ4n) is 2.88. The summed E-state index contributed by atoms with van der Waals surface area (Å²) < 4.78 is 31.9. The summed E-state index contributed by atoms with van der Waals surface area (Å²) in [6.45, 7) is 5.13. The van der Waals surface area contributed by atoms with Crippen molar-refractivity contribution in [1.29, 1.82) is 0 Å². The van der Waals surface area contributed by atoms with E-state index in [0.717, 1.165) is 24.0 Å². The molecule has 0 saturated carbocycles. The maximum Gasteiger partial charge on any atom is 0.244 e. The standard InChI is InChI=1S/C19H25N3O3S/c1-2-25-15-17-7-5-16(6-8-17)13-20-19-10-9-18(14-21-19)26(23,24)22-11-3-4-12-22/h5-10,14H,2-4,11-13,15H2,1H3,(H,20,21). The SMILES string of the molecule is CCOCc1ccc(CNc2ccc(S(=O)(=O)N3CCCC3)cn2)cc1. The van der Waals surface area contributed by atoms with Crippen LogP contribution in [0.5, 0.6) is 0 Å². The number of anilines is 1. The number of ether oxygens (including phenoxy) is 1. The first-order valence-electron chi connectivity index (χ1n) is 8.95. The summed E-state index contributed by atoms with van der Waals surface area (Å²) in [5.74, 6) is 0.656. The molecule has 1 aromatic heterocycles. The number of pyridine rings is 1. The highest BCUT2D eigenvalue weighted by molar-refractivity contribution is 7.89. The summed E-state index contributed by atoms with van der Waals surface area (Å²) in [5, 5.41) is 3.22. The van der Waals surface area contributed by atoms with Crippen LogP contribution in [0.15, 0.2) is 47.5 Å². The first kappa shape index (κ1) is 18.8. The monoisotopic (exact) mass is 375 g/mol. The lowest BCUT2D eigenvalue weighted by atomic mass is 10.1. The summed E-state index contributed by atoms with van der Waals surface area (Å²) >= 11 is 0. The second-order valence-corrected chi connectivity index (χ2v) is 8.24. The Hall–Kier alpha value is -1.96. The average molecular weight is 375 g/mol. The van der Waals surface area contributed by atoms with Crippen molar-refractivity contribution in [3.8, 4) is 0 Å². The summed E-state index contributed by atoms with van der Waals surface area (Å²) in [7, 11) is -3.40. The quantitative estimate of drug-likeness (QED) is 0.768. The molecule has 0 bridgehead atoms. The molecule has 7 heteroatoms. The third-order valence-electron chi connectivity index (χ3n) is 4.41. The van der Waals surface area contributed by atoms with Gasteiger partial charge in [0.1, 0.15) is 10.7 Å². The van der Waals surface area contributed by atoms with Crippen molar-refractivity contribution in [3.05, 3.63) is 53.7 Å². The van der Waals surface area contributed by atoms with Crippen LogP contribution in [-0.4, -0.2) is 37.4 Å². The molecule has 1 saturated heterocycles. The zero-order valence-corrected chi connectivity index (χ0v) is 15.8. The van der Waals surface area contributed by atoms with E-state index in [1.54, 1.807) is 12.1 Å². The van der Waals surface area contributed by atoms with Crippen molar-refractivity contribution in [3.63, 3.8) is 0 Å². The molecule has 2 aromatic rings. The summed E-state index contributed by atoms with van der Waals surface area (Å²) in [5.41, 5.74) is 2.27. The third-order valence-corrected chi connectivity index (χ3v) is 6.29. The van der Waals surface area contributed by atoms with Crippen LogP contribution in [0.2, 0.25) is 0 Å². The number of sulfonamides is 1. The molecule has 1 N–H and O–H groups in total. The molecule has 2 heterocycles. The van der Waals surface area contributed by atoms with E-state index in [0.29, 0.717) is 38.7 Å². The van der Waals surface area contributed by atoms with Crippen molar-refractivity contribution in [2.45, 2.75) is 37.8 Å². The first-order chi connectivity index (χ1) is 12.6. The topological polar surface area (TPSA) is 71.5 Å². The van der Waals surface area contributed by atoms with Crippen LogP contribution in [0, 0.1) is 0 Å². The summed E-state index contributed by atoms with van der Waals surface area (Å²) in [6.07, 6.45) is 3.28. The van der Waals surface area contributed by atoms with Gasteiger partial charge in [-0.15, -0.1) is 0 Å². The van der Waals surface area contributed by atoms with Gasteiger partial charge in [-0.1, -0.05) is 24.3 Å². The Morgan fingerprint density at radius 2 is 1.77 bits per heavy atom. The number of aromatic nitrogens is 1. The van der Waals surface area contributed by atoms with Crippen LogP contribution >= 0.6 is 0 Å². The van der Waals surface area contributed by atoms with Gasteiger partial charge in [0, 0.05) is 32.4 Å². The smallest absolute Gasteiger partial charge is 0.244 e. The normalized spacial score (nSPS) is 15.3. The maximum absolute atomic E-state index is 12.5. The lowest BCUT2D eigenvalue weighted by Crippen LogP contribution is -2.27. The van der Waals surface area contributed by atoms with Crippen molar-refractivity contribution in [2.24, 2.45) is 0 Å². The Bertz CT molecular complexity index is 799. The maximum atomic E-state index is 12.5. The van der Waals surface area contributed by atoms with E-state index < -0.39 is 10.0 Å². The third kappa shape index (κ3) is 4.60. The fourth-order valence-corrected chi connectivity index (χ4v) is 4.34. The highest BCUT2D eigenvalue weighted by Crippen LogP contribution is 2.21. The fraction of sp³-hybridized carbons (Fsp3) is 0.421. The van der Waals surface area contributed by atoms with Crippen LogP contribution in [0.1, 0.15) is 30.9 Å². The Morgan fingerprint density at radius 1 is 1.08 bits per heavy atom. The van der Waals surface area contributed by atoms with E-state index in [-0.39, 0.29) is 4.90 Å². The molecule has 140 valence electrons. The van der Waals surface area contributed by atoms with E-state index in [4.69, 9.17) is 4.74 Å². The molecule has 0 spiro atoms. The highest BCUT2D eigenvalue weighted by atomic mass is 32.2. The number of nitrogens with one attached hydrogen (secondary N) is 1. The van der Waals surface area contributed by atoms with Crippen molar-refractivity contribution in [1.82, 2.24) is 9.29 Å². The Morgan fingerprint density at radius 3 is 2.38 bits per heavy atom. The van der Waals surface area contributed by atoms with Gasteiger partial charge in [0.2, 0.25) is 10.0 Å². The van der Waals surface area contributed by atoms with Crippen LogP contribution in [0.25, 0.3) is 0 Å². The number of hydrogen-bond acceptors (Lipinski definition) is 5. The second-order valence-electron chi connectivity index (χ2n) is 6.30. The molecular formula is C19H25N3O3S. The Kier molecular flexibility index (Phi) is 6.24. The van der Waals surface area contributed by atoms with Crippen molar-refractivity contribution in [2.75, 3.05) is 25.0 Å². The van der Waals surface area contributed by atoms with E-state index in [1.165, 1.54) is 10.5 Å². The van der Waals surface area contributed by atoms with Crippen LogP contribution < -0.4 is 5.32 Å². The van der Waals surface area contributed by atoms with Crippen molar-refractivity contribution >= 4 is 15.8 Å². The van der Waals surface area contributed by atoms with Gasteiger partial charge < -0.3 is 10.1 Å². The Labute approximate surface area is 155 Å². The average Bonchev–Trinajstić information content (AvgIpc) is 3.21. The number of hydrogen-bond donors (Lipinski definition) is 1. The molecule has 0 radical (unpaired) electrons. The van der Waals surface area contributed by atoms with Gasteiger partial charge >= 0.3 is 0 Å². The molecule has 1 aliphatic rings. The van der Waals surface area contributed by atoms with Gasteiger partial charge in [-0.25, -0.2) is 13.4 Å². The number of nitrogens with zero attached hydrogens (tertiary/aromatic N) is 2. The molecule has 0 aliphatic carbocycles. The predicted molar refractivity (Wildman–Crippen MR) is 101 cm³/mol. The minimum atomic E-state index is -3.40. The van der Waals surface area contributed by atoms with E-state index in [9.17, 15) is 8.42 Å². The van der Waals surface area contributed by atoms with E-state index in [2.05, 4.69) is 10.3 Å². The lowest BCUT2D eigenvalue weighted by molar-refractivity contribution is 0.134. The first-order valence-corrected chi connectivity index (χ1v) is 10.4. The largest absolute Gasteiger partial charge is 0.377 e. The van der Waals surface area contributed by atoms with Gasteiger partial charge in [-0.2, -0.15) is 4.31 Å². The highest BCUT2D eigenvalue weighted by Gasteiger charge is 2.27. The molecular weight excluding hydrogens is 350 g/mol.